The number of non-ortho nitro benzene ring substituents is 1. The highest BCUT2D eigenvalue weighted by molar-refractivity contribution is 7.15. The second-order valence-corrected chi connectivity index (χ2v) is 8.01. The normalized spacial score (nSPS) is 13.5. The number of thiazole rings is 1. The summed E-state index contributed by atoms with van der Waals surface area (Å²) in [7, 11) is 0. The van der Waals surface area contributed by atoms with Crippen LogP contribution in [-0.4, -0.2) is 33.9 Å². The summed E-state index contributed by atoms with van der Waals surface area (Å²) in [5.41, 5.74) is 2.22. The maximum Gasteiger partial charge on any atom is 0.273 e. The predicted molar refractivity (Wildman–Crippen MR) is 114 cm³/mol. The van der Waals surface area contributed by atoms with Crippen LogP contribution in [0, 0.1) is 10.1 Å². The van der Waals surface area contributed by atoms with Gasteiger partial charge in [-0.15, -0.1) is 11.3 Å². The van der Waals surface area contributed by atoms with Gasteiger partial charge in [-0.1, -0.05) is 36.4 Å². The van der Waals surface area contributed by atoms with Gasteiger partial charge in [-0.25, -0.2) is 4.98 Å². The number of benzene rings is 2. The van der Waals surface area contributed by atoms with Crippen molar-refractivity contribution in [2.45, 2.75) is 19.5 Å². The Labute approximate surface area is 177 Å². The van der Waals surface area contributed by atoms with Crippen molar-refractivity contribution in [3.8, 4) is 5.75 Å². The van der Waals surface area contributed by atoms with Crippen molar-refractivity contribution in [2.24, 2.45) is 0 Å². The van der Waals surface area contributed by atoms with Crippen molar-refractivity contribution in [1.29, 1.82) is 0 Å². The fraction of sp³-hybridized carbons (Fsp3) is 0.238. The Kier molecular flexibility index (Phi) is 6.01. The minimum absolute atomic E-state index is 0.0828. The number of hydrogen-bond donors (Lipinski definition) is 1. The van der Waals surface area contributed by atoms with Crippen LogP contribution in [0.2, 0.25) is 0 Å². The van der Waals surface area contributed by atoms with Crippen LogP contribution >= 0.6 is 11.3 Å². The topological polar surface area (TPSA) is 97.6 Å². The number of nitro benzene ring substituents is 1. The predicted octanol–water partition coefficient (Wildman–Crippen LogP) is 3.63. The zero-order valence-electron chi connectivity index (χ0n) is 16.1. The zero-order chi connectivity index (χ0) is 20.9. The lowest BCUT2D eigenvalue weighted by molar-refractivity contribution is -0.384. The number of aromatic nitrogens is 1. The van der Waals surface area contributed by atoms with E-state index < -0.39 is 4.92 Å². The number of anilines is 1. The van der Waals surface area contributed by atoms with Crippen molar-refractivity contribution in [2.75, 3.05) is 18.5 Å². The minimum atomic E-state index is -0.506. The number of carbonyl (C=O) groups is 1. The van der Waals surface area contributed by atoms with E-state index in [1.807, 2.05) is 18.2 Å². The van der Waals surface area contributed by atoms with Crippen LogP contribution in [0.3, 0.4) is 0 Å². The molecule has 1 amide bonds. The van der Waals surface area contributed by atoms with Crippen LogP contribution in [0.4, 0.5) is 10.8 Å². The number of ether oxygens (including phenoxy) is 1. The molecule has 0 saturated carbocycles. The van der Waals surface area contributed by atoms with E-state index in [0.717, 1.165) is 36.6 Å². The molecule has 2 heterocycles. The van der Waals surface area contributed by atoms with Crippen molar-refractivity contribution in [1.82, 2.24) is 9.88 Å². The molecule has 3 aromatic rings. The molecule has 9 heteroatoms. The van der Waals surface area contributed by atoms with Crippen molar-refractivity contribution < 1.29 is 14.5 Å². The van der Waals surface area contributed by atoms with Crippen molar-refractivity contribution >= 4 is 28.1 Å². The molecule has 0 aliphatic carbocycles. The summed E-state index contributed by atoms with van der Waals surface area (Å²) in [4.78, 5) is 30.6. The number of amides is 1. The molecule has 0 spiro atoms. The van der Waals surface area contributed by atoms with E-state index in [2.05, 4.69) is 27.3 Å². The van der Waals surface area contributed by atoms with Crippen molar-refractivity contribution in [3.05, 3.63) is 80.8 Å². The Bertz CT molecular complexity index is 1050. The summed E-state index contributed by atoms with van der Waals surface area (Å²) in [5, 5.41) is 14.1. The first kappa shape index (κ1) is 20.0. The van der Waals surface area contributed by atoms with Gasteiger partial charge in [0.1, 0.15) is 5.75 Å². The van der Waals surface area contributed by atoms with E-state index in [4.69, 9.17) is 4.74 Å². The van der Waals surface area contributed by atoms with E-state index in [-0.39, 0.29) is 24.0 Å². The molecule has 0 radical (unpaired) electrons. The molecule has 4 rings (SSSR count). The summed E-state index contributed by atoms with van der Waals surface area (Å²) in [6, 6.07) is 16.1. The lowest BCUT2D eigenvalue weighted by atomic mass is 10.1. The molecule has 0 bridgehead atoms. The number of nitrogens with one attached hydrogen (secondary N) is 1. The van der Waals surface area contributed by atoms with Gasteiger partial charge in [0.2, 0.25) is 0 Å². The second kappa shape index (κ2) is 9.02. The Balaban J connectivity index is 1.31. The van der Waals surface area contributed by atoms with Gasteiger partial charge in [0.25, 0.3) is 11.6 Å². The fourth-order valence-corrected chi connectivity index (χ4v) is 4.34. The van der Waals surface area contributed by atoms with E-state index in [9.17, 15) is 14.9 Å². The SMILES string of the molecule is O=C(COc1cccc([N+](=O)[O-])c1)Nc1nc2c(s1)CN(Cc1ccccc1)CC2. The quantitative estimate of drug-likeness (QED) is 0.459. The van der Waals surface area contributed by atoms with Gasteiger partial charge in [0.05, 0.1) is 16.7 Å². The number of nitro groups is 1. The third kappa shape index (κ3) is 5.00. The average molecular weight is 424 g/mol. The van der Waals surface area contributed by atoms with E-state index >= 15 is 0 Å². The summed E-state index contributed by atoms with van der Waals surface area (Å²) in [6.45, 7) is 2.37. The average Bonchev–Trinajstić information content (AvgIpc) is 3.14. The van der Waals surface area contributed by atoms with E-state index in [1.54, 1.807) is 6.07 Å². The Hall–Kier alpha value is -3.30. The molecule has 2 aromatic carbocycles. The highest BCUT2D eigenvalue weighted by Gasteiger charge is 2.21. The summed E-state index contributed by atoms with van der Waals surface area (Å²) in [5.74, 6) is -0.0805. The van der Waals surface area contributed by atoms with E-state index in [1.165, 1.54) is 35.1 Å². The highest BCUT2D eigenvalue weighted by Crippen LogP contribution is 2.29. The zero-order valence-corrected chi connectivity index (χ0v) is 16.9. The van der Waals surface area contributed by atoms with E-state index in [0.29, 0.717) is 5.13 Å². The second-order valence-electron chi connectivity index (χ2n) is 6.93. The number of carbonyl (C=O) groups excluding carboxylic acids is 1. The summed E-state index contributed by atoms with van der Waals surface area (Å²) >= 11 is 1.48. The first-order valence-electron chi connectivity index (χ1n) is 9.49. The number of nitrogens with zero attached hydrogens (tertiary/aromatic N) is 3. The Morgan fingerprint density at radius 1 is 1.23 bits per heavy atom. The fourth-order valence-electron chi connectivity index (χ4n) is 3.27. The van der Waals surface area contributed by atoms with Crippen LogP contribution in [0.1, 0.15) is 16.1 Å². The van der Waals surface area contributed by atoms with Gasteiger partial charge >= 0.3 is 0 Å². The largest absolute Gasteiger partial charge is 0.484 e. The smallest absolute Gasteiger partial charge is 0.273 e. The van der Waals surface area contributed by atoms with Gasteiger partial charge in [0, 0.05) is 37.0 Å². The van der Waals surface area contributed by atoms with Gasteiger partial charge in [-0.2, -0.15) is 0 Å². The first-order valence-corrected chi connectivity index (χ1v) is 10.3. The monoisotopic (exact) mass is 424 g/mol. The van der Waals surface area contributed by atoms with Gasteiger partial charge in [-0.3, -0.25) is 25.1 Å². The molecule has 1 aliphatic heterocycles. The van der Waals surface area contributed by atoms with Crippen LogP contribution in [0.25, 0.3) is 0 Å². The Morgan fingerprint density at radius 2 is 2.07 bits per heavy atom. The molecule has 8 nitrogen and oxygen atoms in total. The number of fused-ring (bicyclic) bond motifs is 1. The third-order valence-corrected chi connectivity index (χ3v) is 5.70. The highest BCUT2D eigenvalue weighted by atomic mass is 32.1. The summed E-state index contributed by atoms with van der Waals surface area (Å²) in [6.07, 6.45) is 0.846. The maximum absolute atomic E-state index is 12.2. The molecule has 30 heavy (non-hydrogen) atoms. The van der Waals surface area contributed by atoms with Gasteiger partial charge in [0.15, 0.2) is 11.7 Å². The molecule has 154 valence electrons. The molecule has 1 N–H and O–H groups in total. The van der Waals surface area contributed by atoms with Crippen LogP contribution in [0.5, 0.6) is 5.75 Å². The molecule has 0 fully saturated rings. The maximum atomic E-state index is 12.2. The van der Waals surface area contributed by atoms with Crippen LogP contribution in [0.15, 0.2) is 54.6 Å². The molecule has 1 aliphatic rings. The lowest BCUT2D eigenvalue weighted by Gasteiger charge is -2.25. The Morgan fingerprint density at radius 3 is 2.87 bits per heavy atom. The van der Waals surface area contributed by atoms with Crippen LogP contribution < -0.4 is 10.1 Å². The summed E-state index contributed by atoms with van der Waals surface area (Å²) < 4.78 is 5.37. The molecule has 0 saturated heterocycles. The number of rotatable bonds is 7. The van der Waals surface area contributed by atoms with Crippen molar-refractivity contribution in [3.63, 3.8) is 0 Å². The molecular weight excluding hydrogens is 404 g/mol. The first-order chi connectivity index (χ1) is 14.6. The lowest BCUT2D eigenvalue weighted by Crippen LogP contribution is -2.29. The molecule has 1 aromatic heterocycles. The standard InChI is InChI=1S/C21H20N4O4S/c26-20(14-29-17-8-4-7-16(11-17)25(27)28)23-21-22-18-9-10-24(13-19(18)30-21)12-15-5-2-1-3-6-15/h1-8,11H,9-10,12-14H2,(H,22,23,26). The molecule has 0 unspecified atom stereocenters. The van der Waals surface area contributed by atoms with Gasteiger partial charge < -0.3 is 4.74 Å². The molecular formula is C21H20N4O4S. The molecule has 0 atom stereocenters. The number of hydrogen-bond acceptors (Lipinski definition) is 7. The van der Waals surface area contributed by atoms with Crippen LogP contribution in [-0.2, 0) is 24.3 Å². The third-order valence-electron chi connectivity index (χ3n) is 4.70. The minimum Gasteiger partial charge on any atom is -0.484 e. The van der Waals surface area contributed by atoms with Gasteiger partial charge in [-0.05, 0) is 11.6 Å².